The van der Waals surface area contributed by atoms with Gasteiger partial charge < -0.3 is 4.74 Å². The van der Waals surface area contributed by atoms with E-state index in [0.29, 0.717) is 0 Å². The van der Waals surface area contributed by atoms with Crippen molar-refractivity contribution in [3.8, 4) is 0 Å². The monoisotopic (exact) mass is 226 g/mol. The second kappa shape index (κ2) is 3.33. The summed E-state index contributed by atoms with van der Waals surface area (Å²) < 4.78 is 6.00. The predicted molar refractivity (Wildman–Crippen MR) is 70.0 cm³/mol. The van der Waals surface area contributed by atoms with Crippen molar-refractivity contribution < 1.29 is 4.74 Å². The van der Waals surface area contributed by atoms with E-state index in [0.717, 1.165) is 0 Å². The maximum Gasteiger partial charge on any atom is 0.143 e. The van der Waals surface area contributed by atoms with Gasteiger partial charge in [0, 0.05) is 0 Å². The van der Waals surface area contributed by atoms with Crippen molar-refractivity contribution in [2.45, 2.75) is 39.4 Å². The number of epoxide rings is 1. The fraction of sp³-hybridized carbons (Fsp3) is 0.375. The third-order valence-electron chi connectivity index (χ3n) is 3.63. The Kier molecular flexibility index (Phi) is 2.11. The lowest BCUT2D eigenvalue weighted by atomic mass is 9.85. The maximum absolute atomic E-state index is 6.00. The van der Waals surface area contributed by atoms with Crippen LogP contribution in [0.2, 0.25) is 0 Å². The number of ether oxygens (including phenoxy) is 1. The molecule has 0 amide bonds. The van der Waals surface area contributed by atoms with Gasteiger partial charge in [-0.25, -0.2) is 0 Å². The zero-order valence-corrected chi connectivity index (χ0v) is 10.9. The highest BCUT2D eigenvalue weighted by Crippen LogP contribution is 2.54. The quantitative estimate of drug-likeness (QED) is 0.663. The van der Waals surface area contributed by atoms with Crippen molar-refractivity contribution in [2.24, 2.45) is 0 Å². The molecule has 0 aromatic heterocycles. The van der Waals surface area contributed by atoms with Gasteiger partial charge in [-0.3, -0.25) is 0 Å². The summed E-state index contributed by atoms with van der Waals surface area (Å²) in [5.41, 5.74) is 6.38. The van der Waals surface area contributed by atoms with Crippen LogP contribution in [0.3, 0.4) is 0 Å². The van der Waals surface area contributed by atoms with Gasteiger partial charge >= 0.3 is 0 Å². The molecule has 17 heavy (non-hydrogen) atoms. The molecule has 1 heteroatoms. The molecule has 0 saturated carbocycles. The Morgan fingerprint density at radius 3 is 2.29 bits per heavy atom. The summed E-state index contributed by atoms with van der Waals surface area (Å²) in [6.07, 6.45) is 4.74. The highest BCUT2D eigenvalue weighted by Gasteiger charge is 2.58. The Labute approximate surface area is 103 Å². The lowest BCUT2D eigenvalue weighted by molar-refractivity contribution is 0.343. The van der Waals surface area contributed by atoms with Crippen molar-refractivity contribution in [1.82, 2.24) is 0 Å². The van der Waals surface area contributed by atoms with Crippen LogP contribution in [0, 0.1) is 13.8 Å². The molecule has 2 atom stereocenters. The van der Waals surface area contributed by atoms with Crippen LogP contribution in [-0.4, -0.2) is 6.10 Å². The fourth-order valence-electron chi connectivity index (χ4n) is 3.02. The molecular weight excluding hydrogens is 208 g/mol. The first-order valence-corrected chi connectivity index (χ1v) is 6.15. The van der Waals surface area contributed by atoms with Crippen molar-refractivity contribution in [3.63, 3.8) is 0 Å². The van der Waals surface area contributed by atoms with E-state index >= 15 is 0 Å². The average Bonchev–Trinajstić information content (AvgIpc) is 2.92. The topological polar surface area (TPSA) is 12.5 Å². The number of fused-ring (bicyclic) bond motifs is 1. The molecule has 1 heterocycles. The van der Waals surface area contributed by atoms with Crippen LogP contribution in [0.25, 0.3) is 0 Å². The van der Waals surface area contributed by atoms with E-state index in [4.69, 9.17) is 4.74 Å². The molecule has 0 spiro atoms. The molecule has 0 bridgehead atoms. The normalized spacial score (nSPS) is 30.5. The number of hydrogen-bond donors (Lipinski definition) is 0. The minimum Gasteiger partial charge on any atom is -0.352 e. The summed E-state index contributed by atoms with van der Waals surface area (Å²) in [5, 5.41) is 0. The Morgan fingerprint density at radius 1 is 1.00 bits per heavy atom. The van der Waals surface area contributed by atoms with Crippen LogP contribution in [0.1, 0.15) is 30.5 Å². The van der Waals surface area contributed by atoms with Crippen molar-refractivity contribution in [3.05, 3.63) is 58.2 Å². The summed E-state index contributed by atoms with van der Waals surface area (Å²) in [4.78, 5) is 0. The number of benzene rings is 1. The van der Waals surface area contributed by atoms with Gasteiger partial charge in [0.15, 0.2) is 0 Å². The Bertz CT molecular complexity index is 530. The standard InChI is InChI=1S/C16H18O/c1-10-5-11(2)8-14(7-10)16-9-12(3)6-13(4)15(16)17-16/h5-9,15H,1-4H3. The molecular formula is C16H18O. The van der Waals surface area contributed by atoms with Crippen molar-refractivity contribution in [1.29, 1.82) is 0 Å². The summed E-state index contributed by atoms with van der Waals surface area (Å²) in [7, 11) is 0. The van der Waals surface area contributed by atoms with E-state index in [1.54, 1.807) is 0 Å². The number of allylic oxidation sites excluding steroid dienone is 2. The molecule has 2 unspecified atom stereocenters. The molecule has 1 aliphatic carbocycles. The van der Waals surface area contributed by atoms with Gasteiger partial charge in [0.1, 0.15) is 11.7 Å². The molecule has 2 aliphatic rings. The van der Waals surface area contributed by atoms with Crippen molar-refractivity contribution in [2.75, 3.05) is 0 Å². The van der Waals surface area contributed by atoms with Crippen molar-refractivity contribution >= 4 is 0 Å². The van der Waals surface area contributed by atoms with E-state index in [1.165, 1.54) is 27.8 Å². The van der Waals surface area contributed by atoms with Crippen LogP contribution in [0.15, 0.2) is 41.5 Å². The molecule has 1 aliphatic heterocycles. The van der Waals surface area contributed by atoms with Crippen LogP contribution < -0.4 is 0 Å². The van der Waals surface area contributed by atoms with Gasteiger partial charge in [-0.1, -0.05) is 41.0 Å². The lowest BCUT2D eigenvalue weighted by Gasteiger charge is -2.15. The summed E-state index contributed by atoms with van der Waals surface area (Å²) in [6, 6.07) is 6.70. The first-order valence-electron chi connectivity index (χ1n) is 6.15. The Morgan fingerprint density at radius 2 is 1.65 bits per heavy atom. The van der Waals surface area contributed by atoms with E-state index in [2.05, 4.69) is 58.0 Å². The second-order valence-electron chi connectivity index (χ2n) is 5.44. The predicted octanol–water partition coefficient (Wildman–Crippen LogP) is 3.80. The van der Waals surface area contributed by atoms with Gasteiger partial charge in [-0.15, -0.1) is 0 Å². The number of hydrogen-bond acceptors (Lipinski definition) is 1. The van der Waals surface area contributed by atoms with E-state index in [9.17, 15) is 0 Å². The number of rotatable bonds is 1. The molecule has 1 aromatic rings. The minimum absolute atomic E-state index is 0.167. The van der Waals surface area contributed by atoms with Crippen LogP contribution >= 0.6 is 0 Å². The molecule has 3 rings (SSSR count). The second-order valence-corrected chi connectivity index (χ2v) is 5.44. The van der Waals surface area contributed by atoms with Crippen LogP contribution in [0.5, 0.6) is 0 Å². The van der Waals surface area contributed by atoms with Gasteiger partial charge in [0.25, 0.3) is 0 Å². The van der Waals surface area contributed by atoms with E-state index in [1.807, 2.05) is 0 Å². The summed E-state index contributed by atoms with van der Waals surface area (Å²) in [5.74, 6) is 0. The maximum atomic E-state index is 6.00. The molecule has 0 N–H and O–H groups in total. The van der Waals surface area contributed by atoms with Gasteiger partial charge in [0.05, 0.1) is 0 Å². The molecule has 1 saturated heterocycles. The fourth-order valence-corrected chi connectivity index (χ4v) is 3.02. The third-order valence-corrected chi connectivity index (χ3v) is 3.63. The molecule has 88 valence electrons. The smallest absolute Gasteiger partial charge is 0.143 e. The van der Waals surface area contributed by atoms with Gasteiger partial charge in [-0.05, 0) is 44.9 Å². The number of aryl methyl sites for hydroxylation is 2. The SMILES string of the molecule is CC1=CC2(c3cc(C)cc(C)c3)OC2C(C)=C1. The zero-order valence-electron chi connectivity index (χ0n) is 10.9. The van der Waals surface area contributed by atoms with Gasteiger partial charge in [-0.2, -0.15) is 0 Å². The highest BCUT2D eigenvalue weighted by atomic mass is 16.6. The average molecular weight is 226 g/mol. The van der Waals surface area contributed by atoms with Crippen LogP contribution in [-0.2, 0) is 10.3 Å². The molecule has 0 radical (unpaired) electrons. The summed E-state index contributed by atoms with van der Waals surface area (Å²) in [6.45, 7) is 8.59. The van der Waals surface area contributed by atoms with Crippen LogP contribution in [0.4, 0.5) is 0 Å². The lowest BCUT2D eigenvalue weighted by Crippen LogP contribution is -2.14. The largest absolute Gasteiger partial charge is 0.352 e. The van der Waals surface area contributed by atoms with E-state index < -0.39 is 0 Å². The Balaban J connectivity index is 2.10. The highest BCUT2D eigenvalue weighted by molar-refractivity contribution is 5.49. The minimum atomic E-state index is -0.167. The Hall–Kier alpha value is -1.34. The first-order chi connectivity index (χ1) is 8.01. The third kappa shape index (κ3) is 1.57. The van der Waals surface area contributed by atoms with E-state index in [-0.39, 0.29) is 11.7 Å². The molecule has 1 aromatic carbocycles. The molecule has 1 nitrogen and oxygen atoms in total. The molecule has 1 fully saturated rings. The zero-order chi connectivity index (χ0) is 12.2. The summed E-state index contributed by atoms with van der Waals surface area (Å²) >= 11 is 0. The van der Waals surface area contributed by atoms with Gasteiger partial charge in [0.2, 0.25) is 0 Å². The first kappa shape index (κ1) is 10.8.